The van der Waals surface area contributed by atoms with Gasteiger partial charge in [0.15, 0.2) is 0 Å². The first-order valence-electron chi connectivity index (χ1n) is 12.4. The van der Waals surface area contributed by atoms with Crippen molar-refractivity contribution in [3.8, 4) is 0 Å². The number of aryl methyl sites for hydroxylation is 1. The SMILES string of the molecule is CNC1(c2ccccc2)CCC2(CC1)CN(c1cnc(C(C)(F)F)cc1C)C(=O)N2CC1CC1. The summed E-state index contributed by atoms with van der Waals surface area (Å²) in [6, 6.07) is 12.0. The Hall–Kier alpha value is -2.54. The van der Waals surface area contributed by atoms with Crippen molar-refractivity contribution in [1.82, 2.24) is 15.2 Å². The van der Waals surface area contributed by atoms with Gasteiger partial charge < -0.3 is 10.2 Å². The molecule has 0 radical (unpaired) electrons. The van der Waals surface area contributed by atoms with Crippen LogP contribution in [0.3, 0.4) is 0 Å². The molecule has 3 aliphatic rings. The number of anilines is 1. The largest absolute Gasteiger partial charge is 0.325 e. The first-order valence-corrected chi connectivity index (χ1v) is 12.4. The van der Waals surface area contributed by atoms with E-state index < -0.39 is 5.92 Å². The molecule has 34 heavy (non-hydrogen) atoms. The van der Waals surface area contributed by atoms with E-state index in [1.807, 2.05) is 13.1 Å². The van der Waals surface area contributed by atoms with Crippen LogP contribution in [0.4, 0.5) is 19.3 Å². The van der Waals surface area contributed by atoms with Gasteiger partial charge >= 0.3 is 6.03 Å². The number of carbonyl (C=O) groups is 1. The lowest BCUT2D eigenvalue weighted by molar-refractivity contribution is 0.0127. The van der Waals surface area contributed by atoms with E-state index in [2.05, 4.69) is 39.5 Å². The van der Waals surface area contributed by atoms with E-state index in [0.29, 0.717) is 23.7 Å². The molecule has 182 valence electrons. The van der Waals surface area contributed by atoms with Crippen molar-refractivity contribution in [2.45, 2.75) is 69.4 Å². The van der Waals surface area contributed by atoms with E-state index in [1.54, 1.807) is 11.8 Å². The number of nitrogens with zero attached hydrogens (tertiary/aromatic N) is 3. The minimum Gasteiger partial charge on any atom is -0.317 e. The summed E-state index contributed by atoms with van der Waals surface area (Å²) in [7, 11) is 2.03. The molecule has 1 N–H and O–H groups in total. The molecule has 0 bridgehead atoms. The van der Waals surface area contributed by atoms with E-state index in [-0.39, 0.29) is 22.8 Å². The Morgan fingerprint density at radius 1 is 1.15 bits per heavy atom. The molecule has 2 aromatic rings. The number of pyridine rings is 1. The lowest BCUT2D eigenvalue weighted by atomic mass is 9.69. The lowest BCUT2D eigenvalue weighted by Gasteiger charge is -2.48. The Bertz CT molecular complexity index is 1060. The van der Waals surface area contributed by atoms with Gasteiger partial charge in [-0.15, -0.1) is 0 Å². The normalized spacial score (nSPS) is 27.6. The second kappa shape index (κ2) is 8.29. The number of benzene rings is 1. The molecule has 3 fully saturated rings. The minimum atomic E-state index is -3.01. The smallest absolute Gasteiger partial charge is 0.317 e. The number of hydrogen-bond donors (Lipinski definition) is 1. The van der Waals surface area contributed by atoms with Crippen LogP contribution in [0.1, 0.15) is 62.3 Å². The molecule has 2 heterocycles. The Morgan fingerprint density at radius 2 is 1.82 bits per heavy atom. The fraction of sp³-hybridized carbons (Fsp3) is 0.556. The summed E-state index contributed by atoms with van der Waals surface area (Å²) in [5, 5.41) is 3.59. The number of rotatable bonds is 6. The van der Waals surface area contributed by atoms with E-state index in [1.165, 1.54) is 30.7 Å². The summed E-state index contributed by atoms with van der Waals surface area (Å²) in [6.45, 7) is 4.00. The Labute approximate surface area is 200 Å². The summed E-state index contributed by atoms with van der Waals surface area (Å²) in [5.41, 5.74) is 1.99. The molecule has 0 unspecified atom stereocenters. The molecule has 1 aliphatic heterocycles. The zero-order valence-electron chi connectivity index (χ0n) is 20.3. The molecule has 2 saturated carbocycles. The topological polar surface area (TPSA) is 48.5 Å². The van der Waals surface area contributed by atoms with E-state index in [4.69, 9.17) is 0 Å². The highest BCUT2D eigenvalue weighted by atomic mass is 19.3. The van der Waals surface area contributed by atoms with Crippen molar-refractivity contribution >= 4 is 11.7 Å². The quantitative estimate of drug-likeness (QED) is 0.602. The maximum absolute atomic E-state index is 13.8. The van der Waals surface area contributed by atoms with Crippen molar-refractivity contribution in [3.05, 3.63) is 59.4 Å². The van der Waals surface area contributed by atoms with E-state index in [9.17, 15) is 13.6 Å². The number of carbonyl (C=O) groups excluding carboxylic acids is 1. The molecule has 2 amide bonds. The van der Waals surface area contributed by atoms with Crippen molar-refractivity contribution in [3.63, 3.8) is 0 Å². The van der Waals surface area contributed by atoms with Gasteiger partial charge in [-0.2, -0.15) is 8.78 Å². The van der Waals surface area contributed by atoms with E-state index >= 15 is 0 Å². The van der Waals surface area contributed by atoms with E-state index in [0.717, 1.165) is 39.2 Å². The molecule has 1 spiro atoms. The zero-order valence-corrected chi connectivity index (χ0v) is 20.3. The average molecular weight is 469 g/mol. The maximum atomic E-state index is 13.8. The number of amides is 2. The molecule has 5 rings (SSSR count). The Kier molecular flexibility index (Phi) is 5.66. The van der Waals surface area contributed by atoms with Gasteiger partial charge in [0.25, 0.3) is 5.92 Å². The van der Waals surface area contributed by atoms with Gasteiger partial charge in [0.05, 0.1) is 24.0 Å². The molecular weight excluding hydrogens is 434 g/mol. The molecule has 5 nitrogen and oxygen atoms in total. The van der Waals surface area contributed by atoms with Gasteiger partial charge in [-0.25, -0.2) is 4.79 Å². The molecule has 2 aliphatic carbocycles. The third-order valence-corrected chi connectivity index (χ3v) is 8.29. The van der Waals surface area contributed by atoms with Crippen molar-refractivity contribution < 1.29 is 13.6 Å². The van der Waals surface area contributed by atoms with Crippen molar-refractivity contribution in [2.24, 2.45) is 5.92 Å². The summed E-state index contributed by atoms with van der Waals surface area (Å²) in [4.78, 5) is 21.7. The summed E-state index contributed by atoms with van der Waals surface area (Å²) in [5.74, 6) is -2.43. The van der Waals surface area contributed by atoms with Crippen LogP contribution >= 0.6 is 0 Å². The first-order chi connectivity index (χ1) is 16.2. The standard InChI is InChI=1S/C27H34F2N4O/c1-19-15-23(25(2,28)29)31-16-22(19)32-18-26(33(24(32)34)17-20-9-10-20)11-13-27(30-3,14-12-26)21-7-5-4-6-8-21/h4-8,15-16,20,30H,9-14,17-18H2,1-3H3. The number of nitrogens with one attached hydrogen (secondary N) is 1. The Morgan fingerprint density at radius 3 is 2.38 bits per heavy atom. The number of hydrogen-bond acceptors (Lipinski definition) is 3. The van der Waals surface area contributed by atoms with Crippen molar-refractivity contribution in [1.29, 1.82) is 0 Å². The third-order valence-electron chi connectivity index (χ3n) is 8.29. The number of alkyl halides is 2. The highest BCUT2D eigenvalue weighted by Crippen LogP contribution is 2.49. The maximum Gasteiger partial charge on any atom is 0.325 e. The molecule has 1 saturated heterocycles. The number of urea groups is 1. The van der Waals surface area contributed by atoms with Gasteiger partial charge in [-0.05, 0) is 75.6 Å². The fourth-order valence-corrected chi connectivity index (χ4v) is 5.90. The zero-order chi connectivity index (χ0) is 24.1. The van der Waals surface area contributed by atoms with Crippen molar-refractivity contribution in [2.75, 3.05) is 25.0 Å². The third kappa shape index (κ3) is 3.98. The highest BCUT2D eigenvalue weighted by molar-refractivity contribution is 5.96. The second-order valence-electron chi connectivity index (χ2n) is 10.6. The van der Waals surface area contributed by atoms with Crippen LogP contribution in [0, 0.1) is 12.8 Å². The van der Waals surface area contributed by atoms with Crippen LogP contribution in [0.5, 0.6) is 0 Å². The van der Waals surface area contributed by atoms with Crippen LogP contribution < -0.4 is 10.2 Å². The summed E-state index contributed by atoms with van der Waals surface area (Å²) >= 11 is 0. The predicted octanol–water partition coefficient (Wildman–Crippen LogP) is 5.58. The van der Waals surface area contributed by atoms with Crippen LogP contribution in [0.15, 0.2) is 42.6 Å². The van der Waals surface area contributed by atoms with Gasteiger partial charge in [0.2, 0.25) is 0 Å². The van der Waals surface area contributed by atoms with Gasteiger partial charge in [0.1, 0.15) is 5.69 Å². The second-order valence-corrected chi connectivity index (χ2v) is 10.6. The molecular formula is C27H34F2N4O. The predicted molar refractivity (Wildman–Crippen MR) is 129 cm³/mol. The monoisotopic (exact) mass is 468 g/mol. The fourth-order valence-electron chi connectivity index (χ4n) is 5.90. The Balaban J connectivity index is 1.44. The minimum absolute atomic E-state index is 0.00974. The molecule has 1 aromatic carbocycles. The molecule has 7 heteroatoms. The van der Waals surface area contributed by atoms with Crippen LogP contribution in [0.25, 0.3) is 0 Å². The average Bonchev–Trinajstić information content (AvgIpc) is 3.61. The number of aromatic nitrogens is 1. The highest BCUT2D eigenvalue weighted by Gasteiger charge is 2.55. The molecule has 0 atom stereocenters. The van der Waals surface area contributed by atoms with Crippen LogP contribution in [-0.4, -0.2) is 41.6 Å². The lowest BCUT2D eigenvalue weighted by Crippen LogP contribution is -2.55. The number of halogens is 2. The molecule has 1 aromatic heterocycles. The van der Waals surface area contributed by atoms with Crippen LogP contribution in [-0.2, 0) is 11.5 Å². The van der Waals surface area contributed by atoms with Gasteiger partial charge in [-0.1, -0.05) is 30.3 Å². The van der Waals surface area contributed by atoms with Crippen LogP contribution in [0.2, 0.25) is 0 Å². The van der Waals surface area contributed by atoms with Gasteiger partial charge in [0, 0.05) is 19.0 Å². The summed E-state index contributed by atoms with van der Waals surface area (Å²) in [6.07, 6.45) is 7.47. The summed E-state index contributed by atoms with van der Waals surface area (Å²) < 4.78 is 27.6. The van der Waals surface area contributed by atoms with Gasteiger partial charge in [-0.3, -0.25) is 9.88 Å². The first kappa shape index (κ1) is 23.2.